The highest BCUT2D eigenvalue weighted by Crippen LogP contribution is 2.26. The molecule has 0 amide bonds. The lowest BCUT2D eigenvalue weighted by molar-refractivity contribution is 0.0789. The van der Waals surface area contributed by atoms with Crippen LogP contribution in [0, 0.1) is 6.92 Å². The fourth-order valence-electron chi connectivity index (χ4n) is 1.57. The highest BCUT2D eigenvalue weighted by molar-refractivity contribution is 9.10. The predicted octanol–water partition coefficient (Wildman–Crippen LogP) is 3.15. The molecular formula is C14H22BrNO2. The van der Waals surface area contributed by atoms with Gasteiger partial charge in [0.05, 0.1) is 11.1 Å². The molecule has 0 saturated carbocycles. The summed E-state index contributed by atoms with van der Waals surface area (Å²) < 4.78 is 12.1. The lowest BCUT2D eigenvalue weighted by Crippen LogP contribution is -2.38. The van der Waals surface area contributed by atoms with Crippen molar-refractivity contribution in [2.75, 3.05) is 20.3 Å². The Labute approximate surface area is 118 Å². The molecule has 0 aromatic heterocycles. The quantitative estimate of drug-likeness (QED) is 0.838. The topological polar surface area (TPSA) is 30.5 Å². The van der Waals surface area contributed by atoms with E-state index in [2.05, 4.69) is 48.1 Å². The lowest BCUT2D eigenvalue weighted by Gasteiger charge is -2.21. The Balaban J connectivity index is 2.64. The van der Waals surface area contributed by atoms with Gasteiger partial charge in [0.25, 0.3) is 0 Å². The molecule has 18 heavy (non-hydrogen) atoms. The van der Waals surface area contributed by atoms with Gasteiger partial charge >= 0.3 is 0 Å². The van der Waals surface area contributed by atoms with Crippen molar-refractivity contribution in [2.45, 2.75) is 32.9 Å². The Kier molecular flexibility index (Phi) is 6.68. The van der Waals surface area contributed by atoms with Crippen LogP contribution in [0.2, 0.25) is 0 Å². The van der Waals surface area contributed by atoms with Crippen LogP contribution in [0.1, 0.15) is 19.4 Å². The average molecular weight is 316 g/mol. The van der Waals surface area contributed by atoms with Crippen molar-refractivity contribution in [1.82, 2.24) is 5.32 Å². The van der Waals surface area contributed by atoms with Crippen LogP contribution in [0.25, 0.3) is 0 Å². The van der Waals surface area contributed by atoms with Crippen molar-refractivity contribution >= 4 is 15.9 Å². The van der Waals surface area contributed by atoms with Crippen LogP contribution in [0.4, 0.5) is 0 Å². The van der Waals surface area contributed by atoms with Crippen molar-refractivity contribution in [1.29, 1.82) is 0 Å². The van der Waals surface area contributed by atoms with Crippen LogP contribution in [-0.4, -0.2) is 32.4 Å². The minimum Gasteiger partial charge on any atom is -0.486 e. The summed E-state index contributed by atoms with van der Waals surface area (Å²) in [6, 6.07) is 6.52. The second-order valence-corrected chi connectivity index (χ2v) is 5.55. The maximum atomic E-state index is 5.96. The van der Waals surface area contributed by atoms with E-state index in [9.17, 15) is 0 Å². The lowest BCUT2D eigenvalue weighted by atomic mass is 10.2. The molecule has 1 aromatic rings. The number of methoxy groups -OCH3 is 1. The molecular weight excluding hydrogens is 294 g/mol. The summed E-state index contributed by atoms with van der Waals surface area (Å²) in [6.07, 6.45) is 0.0106. The molecule has 0 radical (unpaired) electrons. The van der Waals surface area contributed by atoms with Gasteiger partial charge in [-0.2, -0.15) is 0 Å². The number of nitrogens with one attached hydrogen (secondary N) is 1. The molecule has 1 N–H and O–H groups in total. The van der Waals surface area contributed by atoms with Crippen LogP contribution in [-0.2, 0) is 4.74 Å². The van der Waals surface area contributed by atoms with Gasteiger partial charge in [0.15, 0.2) is 0 Å². The molecule has 0 saturated heterocycles. The summed E-state index contributed by atoms with van der Waals surface area (Å²) in [7, 11) is 1.69. The van der Waals surface area contributed by atoms with Gasteiger partial charge in [-0.25, -0.2) is 0 Å². The standard InChI is InChI=1S/C14H22BrNO2/c1-10(2)16-8-12(9-17-4)18-14-6-5-11(3)7-13(14)15/h5-7,10,12,16H,8-9H2,1-4H3. The molecule has 0 aliphatic heterocycles. The Morgan fingerprint density at radius 2 is 2.06 bits per heavy atom. The third kappa shape index (κ3) is 5.38. The summed E-state index contributed by atoms with van der Waals surface area (Å²) >= 11 is 3.52. The molecule has 1 aromatic carbocycles. The zero-order valence-electron chi connectivity index (χ0n) is 11.5. The monoisotopic (exact) mass is 315 g/mol. The third-order valence-electron chi connectivity index (χ3n) is 2.49. The molecule has 0 aliphatic carbocycles. The summed E-state index contributed by atoms with van der Waals surface area (Å²) in [6.45, 7) is 7.63. The second-order valence-electron chi connectivity index (χ2n) is 4.69. The zero-order valence-corrected chi connectivity index (χ0v) is 13.1. The smallest absolute Gasteiger partial charge is 0.134 e. The molecule has 1 atom stereocenters. The van der Waals surface area contributed by atoms with Crippen molar-refractivity contribution in [3.8, 4) is 5.75 Å². The first-order chi connectivity index (χ1) is 8.52. The second kappa shape index (κ2) is 7.77. The largest absolute Gasteiger partial charge is 0.486 e. The van der Waals surface area contributed by atoms with Gasteiger partial charge < -0.3 is 14.8 Å². The average Bonchev–Trinajstić information content (AvgIpc) is 2.29. The van der Waals surface area contributed by atoms with Gasteiger partial charge in [0.2, 0.25) is 0 Å². The highest BCUT2D eigenvalue weighted by atomic mass is 79.9. The van der Waals surface area contributed by atoms with E-state index < -0.39 is 0 Å². The summed E-state index contributed by atoms with van der Waals surface area (Å²) in [5, 5.41) is 3.36. The van der Waals surface area contributed by atoms with Gasteiger partial charge in [-0.1, -0.05) is 19.9 Å². The van der Waals surface area contributed by atoms with Crippen molar-refractivity contribution in [3.63, 3.8) is 0 Å². The fraction of sp³-hybridized carbons (Fsp3) is 0.571. The minimum atomic E-state index is 0.0106. The number of rotatable bonds is 7. The van der Waals surface area contributed by atoms with Gasteiger partial charge in [-0.3, -0.25) is 0 Å². The number of halogens is 1. The van der Waals surface area contributed by atoms with Gasteiger partial charge in [0.1, 0.15) is 11.9 Å². The Bertz CT molecular complexity index is 369. The van der Waals surface area contributed by atoms with Gasteiger partial charge in [0, 0.05) is 19.7 Å². The van der Waals surface area contributed by atoms with E-state index in [4.69, 9.17) is 9.47 Å². The first-order valence-electron chi connectivity index (χ1n) is 6.18. The van der Waals surface area contributed by atoms with Crippen LogP contribution in [0.15, 0.2) is 22.7 Å². The highest BCUT2D eigenvalue weighted by Gasteiger charge is 2.12. The molecule has 4 heteroatoms. The third-order valence-corrected chi connectivity index (χ3v) is 3.11. The first kappa shape index (κ1) is 15.5. The minimum absolute atomic E-state index is 0.0106. The molecule has 0 fully saturated rings. The van der Waals surface area contributed by atoms with Gasteiger partial charge in [-0.05, 0) is 40.5 Å². The maximum Gasteiger partial charge on any atom is 0.134 e. The molecule has 1 unspecified atom stereocenters. The number of hydrogen-bond acceptors (Lipinski definition) is 3. The maximum absolute atomic E-state index is 5.96. The summed E-state index contributed by atoms with van der Waals surface area (Å²) in [5.41, 5.74) is 1.21. The van der Waals surface area contributed by atoms with Crippen molar-refractivity contribution < 1.29 is 9.47 Å². The molecule has 0 heterocycles. The van der Waals surface area contributed by atoms with Crippen LogP contribution in [0.5, 0.6) is 5.75 Å². The van der Waals surface area contributed by atoms with Crippen LogP contribution >= 0.6 is 15.9 Å². The molecule has 0 bridgehead atoms. The van der Waals surface area contributed by atoms with E-state index in [0.29, 0.717) is 12.6 Å². The number of ether oxygens (including phenoxy) is 2. The van der Waals surface area contributed by atoms with E-state index in [1.807, 2.05) is 12.1 Å². The van der Waals surface area contributed by atoms with E-state index in [0.717, 1.165) is 16.8 Å². The normalized spacial score (nSPS) is 12.8. The number of benzene rings is 1. The summed E-state index contributed by atoms with van der Waals surface area (Å²) in [4.78, 5) is 0. The predicted molar refractivity (Wildman–Crippen MR) is 78.3 cm³/mol. The molecule has 0 aliphatic rings. The summed E-state index contributed by atoms with van der Waals surface area (Å²) in [5.74, 6) is 0.855. The van der Waals surface area contributed by atoms with Crippen molar-refractivity contribution in [3.05, 3.63) is 28.2 Å². The Morgan fingerprint density at radius 3 is 2.61 bits per heavy atom. The SMILES string of the molecule is COCC(CNC(C)C)Oc1ccc(C)cc1Br. The fourth-order valence-corrected chi connectivity index (χ4v) is 2.16. The zero-order chi connectivity index (χ0) is 13.5. The number of hydrogen-bond donors (Lipinski definition) is 1. The van der Waals surface area contributed by atoms with E-state index >= 15 is 0 Å². The van der Waals surface area contributed by atoms with E-state index in [-0.39, 0.29) is 6.10 Å². The first-order valence-corrected chi connectivity index (χ1v) is 6.97. The molecule has 102 valence electrons. The Morgan fingerprint density at radius 1 is 1.33 bits per heavy atom. The molecule has 1 rings (SSSR count). The Hall–Kier alpha value is -0.580. The van der Waals surface area contributed by atoms with Crippen molar-refractivity contribution in [2.24, 2.45) is 0 Å². The number of aryl methyl sites for hydroxylation is 1. The molecule has 3 nitrogen and oxygen atoms in total. The van der Waals surface area contributed by atoms with Crippen LogP contribution in [0.3, 0.4) is 0 Å². The van der Waals surface area contributed by atoms with Gasteiger partial charge in [-0.15, -0.1) is 0 Å². The van der Waals surface area contributed by atoms with E-state index in [1.54, 1.807) is 7.11 Å². The van der Waals surface area contributed by atoms with Crippen LogP contribution < -0.4 is 10.1 Å². The van der Waals surface area contributed by atoms with E-state index in [1.165, 1.54) is 5.56 Å². The molecule has 0 spiro atoms.